The highest BCUT2D eigenvalue weighted by molar-refractivity contribution is 5.93. The number of hydrogen-bond acceptors (Lipinski definition) is 4. The first-order chi connectivity index (χ1) is 11.4. The molecule has 24 heavy (non-hydrogen) atoms. The normalized spacial score (nSPS) is 16.0. The van der Waals surface area contributed by atoms with Crippen molar-refractivity contribution in [3.05, 3.63) is 29.8 Å². The maximum absolute atomic E-state index is 11.2. The summed E-state index contributed by atoms with van der Waals surface area (Å²) < 4.78 is 0. The molecule has 128 valence electrons. The van der Waals surface area contributed by atoms with Gasteiger partial charge in [-0.25, -0.2) is 4.98 Å². The van der Waals surface area contributed by atoms with E-state index in [1.54, 1.807) is 0 Å². The first-order valence-corrected chi connectivity index (χ1v) is 8.62. The van der Waals surface area contributed by atoms with Crippen LogP contribution in [0.25, 0.3) is 10.9 Å². The van der Waals surface area contributed by atoms with Crippen molar-refractivity contribution in [1.29, 1.82) is 0 Å². The van der Waals surface area contributed by atoms with E-state index >= 15 is 0 Å². The van der Waals surface area contributed by atoms with Gasteiger partial charge in [-0.2, -0.15) is 0 Å². The topological polar surface area (TPSA) is 48.5 Å². The summed E-state index contributed by atoms with van der Waals surface area (Å²) in [6.45, 7) is 12.3. The molecular formula is C19H26N4O. The minimum Gasteiger partial charge on any atom is -0.354 e. The molecule has 5 heteroatoms. The summed E-state index contributed by atoms with van der Waals surface area (Å²) in [5.74, 6) is 0.996. The molecule has 1 saturated heterocycles. The number of carbonyl (C=O) groups excluding carboxylic acids is 1. The van der Waals surface area contributed by atoms with E-state index in [1.165, 1.54) is 12.5 Å². The molecule has 3 rings (SSSR count). The van der Waals surface area contributed by atoms with Crippen molar-refractivity contribution in [3.63, 3.8) is 0 Å². The van der Waals surface area contributed by atoms with Crippen molar-refractivity contribution in [1.82, 2.24) is 9.88 Å². The lowest BCUT2D eigenvalue weighted by Gasteiger charge is -2.37. The van der Waals surface area contributed by atoms with Gasteiger partial charge in [0.2, 0.25) is 5.91 Å². The largest absolute Gasteiger partial charge is 0.354 e. The number of carbonyl (C=O) groups is 1. The number of benzene rings is 1. The Balaban J connectivity index is 1.85. The van der Waals surface area contributed by atoms with E-state index < -0.39 is 0 Å². The maximum Gasteiger partial charge on any atom is 0.221 e. The molecule has 1 aromatic carbocycles. The fourth-order valence-corrected chi connectivity index (χ4v) is 3.29. The standard InChI is InChI=1S/C19H26N4O/c1-13(2)22-7-9-23(10-8-22)19-11-14(3)17-12-16(20-15(4)24)5-6-18(17)21-19/h5-6,11-13H,7-10H2,1-4H3,(H,20,24). The van der Waals surface area contributed by atoms with E-state index in [0.717, 1.165) is 48.6 Å². The smallest absolute Gasteiger partial charge is 0.221 e. The van der Waals surface area contributed by atoms with Gasteiger partial charge in [0.15, 0.2) is 0 Å². The second-order valence-corrected chi connectivity index (χ2v) is 6.83. The second-order valence-electron chi connectivity index (χ2n) is 6.83. The molecule has 0 atom stereocenters. The number of nitrogens with one attached hydrogen (secondary N) is 1. The SMILES string of the molecule is CC(=O)Nc1ccc2nc(N3CCN(C(C)C)CC3)cc(C)c2c1. The number of amides is 1. The fraction of sp³-hybridized carbons (Fsp3) is 0.474. The van der Waals surface area contributed by atoms with E-state index in [9.17, 15) is 4.79 Å². The van der Waals surface area contributed by atoms with Crippen LogP contribution < -0.4 is 10.2 Å². The number of fused-ring (bicyclic) bond motifs is 1. The van der Waals surface area contributed by atoms with E-state index in [-0.39, 0.29) is 5.91 Å². The fourth-order valence-electron chi connectivity index (χ4n) is 3.29. The predicted octanol–water partition coefficient (Wildman–Crippen LogP) is 3.03. The zero-order chi connectivity index (χ0) is 17.3. The van der Waals surface area contributed by atoms with Crippen molar-refractivity contribution in [3.8, 4) is 0 Å². The second kappa shape index (κ2) is 6.77. The number of rotatable bonds is 3. The molecule has 1 aromatic heterocycles. The Morgan fingerprint density at radius 2 is 1.88 bits per heavy atom. The number of anilines is 2. The van der Waals surface area contributed by atoms with E-state index in [4.69, 9.17) is 4.98 Å². The lowest BCUT2D eigenvalue weighted by molar-refractivity contribution is -0.114. The third-order valence-corrected chi connectivity index (χ3v) is 4.69. The number of nitrogens with zero attached hydrogens (tertiary/aromatic N) is 3. The van der Waals surface area contributed by atoms with Crippen LogP contribution in [0, 0.1) is 6.92 Å². The van der Waals surface area contributed by atoms with Gasteiger partial charge >= 0.3 is 0 Å². The van der Waals surface area contributed by atoms with Crippen LogP contribution in [0.4, 0.5) is 11.5 Å². The molecule has 0 radical (unpaired) electrons. The Bertz CT molecular complexity index is 748. The van der Waals surface area contributed by atoms with Gasteiger partial charge in [-0.1, -0.05) is 0 Å². The Morgan fingerprint density at radius 1 is 1.17 bits per heavy atom. The van der Waals surface area contributed by atoms with Gasteiger partial charge in [-0.3, -0.25) is 9.69 Å². The Kier molecular flexibility index (Phi) is 4.71. The monoisotopic (exact) mass is 326 g/mol. The van der Waals surface area contributed by atoms with Crippen LogP contribution in [0.5, 0.6) is 0 Å². The Hall–Kier alpha value is -2.14. The van der Waals surface area contributed by atoms with E-state index in [1.807, 2.05) is 18.2 Å². The third-order valence-electron chi connectivity index (χ3n) is 4.69. The van der Waals surface area contributed by atoms with Crippen LogP contribution in [0.2, 0.25) is 0 Å². The zero-order valence-corrected chi connectivity index (χ0v) is 15.0. The van der Waals surface area contributed by atoms with Crippen molar-refractivity contribution in [2.45, 2.75) is 33.7 Å². The minimum atomic E-state index is -0.0559. The quantitative estimate of drug-likeness (QED) is 0.942. The molecule has 1 fully saturated rings. The molecule has 2 heterocycles. The van der Waals surface area contributed by atoms with Crippen molar-refractivity contribution in [2.75, 3.05) is 36.4 Å². The van der Waals surface area contributed by atoms with Gasteiger partial charge in [0.05, 0.1) is 5.52 Å². The molecule has 0 unspecified atom stereocenters. The van der Waals surface area contributed by atoms with Crippen LogP contribution in [0.3, 0.4) is 0 Å². The maximum atomic E-state index is 11.2. The lowest BCUT2D eigenvalue weighted by Crippen LogP contribution is -2.49. The summed E-state index contributed by atoms with van der Waals surface area (Å²) in [5, 5.41) is 3.92. The summed E-state index contributed by atoms with van der Waals surface area (Å²) in [7, 11) is 0. The minimum absolute atomic E-state index is 0.0559. The van der Waals surface area contributed by atoms with E-state index in [0.29, 0.717) is 6.04 Å². The first kappa shape index (κ1) is 16.7. The molecular weight excluding hydrogens is 300 g/mol. The molecule has 2 aromatic rings. The average Bonchev–Trinajstić information content (AvgIpc) is 2.55. The van der Waals surface area contributed by atoms with Gasteiger partial charge in [-0.05, 0) is 50.6 Å². The summed E-state index contributed by atoms with van der Waals surface area (Å²) in [5.41, 5.74) is 2.98. The van der Waals surface area contributed by atoms with Crippen LogP contribution in [-0.4, -0.2) is 48.0 Å². The third kappa shape index (κ3) is 3.51. The summed E-state index contributed by atoms with van der Waals surface area (Å²) in [6, 6.07) is 8.66. The van der Waals surface area contributed by atoms with Crippen molar-refractivity contribution in [2.24, 2.45) is 0 Å². The Morgan fingerprint density at radius 3 is 2.50 bits per heavy atom. The highest BCUT2D eigenvalue weighted by Gasteiger charge is 2.20. The summed E-state index contributed by atoms with van der Waals surface area (Å²) in [4.78, 5) is 20.9. The van der Waals surface area contributed by atoms with Gasteiger partial charge in [0.25, 0.3) is 0 Å². The van der Waals surface area contributed by atoms with Gasteiger partial charge in [0, 0.05) is 50.2 Å². The van der Waals surface area contributed by atoms with E-state index in [2.05, 4.69) is 42.0 Å². The molecule has 0 saturated carbocycles. The molecule has 1 aliphatic heterocycles. The zero-order valence-electron chi connectivity index (χ0n) is 15.0. The predicted molar refractivity (Wildman–Crippen MR) is 99.7 cm³/mol. The molecule has 0 aliphatic carbocycles. The number of pyridine rings is 1. The molecule has 1 N–H and O–H groups in total. The van der Waals surface area contributed by atoms with Crippen LogP contribution >= 0.6 is 0 Å². The molecule has 0 bridgehead atoms. The highest BCUT2D eigenvalue weighted by atomic mass is 16.1. The highest BCUT2D eigenvalue weighted by Crippen LogP contribution is 2.26. The summed E-state index contributed by atoms with van der Waals surface area (Å²) in [6.07, 6.45) is 0. The van der Waals surface area contributed by atoms with Crippen LogP contribution in [0.1, 0.15) is 26.3 Å². The van der Waals surface area contributed by atoms with Gasteiger partial charge in [0.1, 0.15) is 5.82 Å². The van der Waals surface area contributed by atoms with Crippen molar-refractivity contribution < 1.29 is 4.79 Å². The van der Waals surface area contributed by atoms with Crippen LogP contribution in [-0.2, 0) is 4.79 Å². The molecule has 1 aliphatic rings. The van der Waals surface area contributed by atoms with Gasteiger partial charge in [-0.15, -0.1) is 0 Å². The lowest BCUT2D eigenvalue weighted by atomic mass is 10.1. The number of aromatic nitrogens is 1. The first-order valence-electron chi connectivity index (χ1n) is 8.62. The number of piperazine rings is 1. The summed E-state index contributed by atoms with van der Waals surface area (Å²) >= 11 is 0. The van der Waals surface area contributed by atoms with Gasteiger partial charge < -0.3 is 10.2 Å². The molecule has 0 spiro atoms. The molecule has 1 amide bonds. The average molecular weight is 326 g/mol. The van der Waals surface area contributed by atoms with Crippen molar-refractivity contribution >= 4 is 28.3 Å². The molecule has 5 nitrogen and oxygen atoms in total. The van der Waals surface area contributed by atoms with Crippen LogP contribution in [0.15, 0.2) is 24.3 Å². The Labute approximate surface area is 143 Å². The number of aryl methyl sites for hydroxylation is 1. The number of hydrogen-bond donors (Lipinski definition) is 1.